The molecule has 3 heteroatoms. The summed E-state index contributed by atoms with van der Waals surface area (Å²) in [5.41, 5.74) is 3.45. The van der Waals surface area contributed by atoms with Crippen LogP contribution in [-0.2, 0) is 4.79 Å². The van der Waals surface area contributed by atoms with Crippen LogP contribution in [0.25, 0.3) is 11.0 Å². The van der Waals surface area contributed by atoms with Gasteiger partial charge in [-0.25, -0.2) is 0 Å². The van der Waals surface area contributed by atoms with Crippen molar-refractivity contribution in [1.82, 2.24) is 9.97 Å². The zero-order chi connectivity index (χ0) is 11.7. The fraction of sp³-hybridized carbons (Fsp3) is 0.429. The van der Waals surface area contributed by atoms with Crippen LogP contribution in [0.2, 0.25) is 0 Å². The topological polar surface area (TPSA) is 45.8 Å². The van der Waals surface area contributed by atoms with Crippen molar-refractivity contribution in [3.8, 4) is 0 Å². The van der Waals surface area contributed by atoms with Crippen LogP contribution in [-0.4, -0.2) is 16.3 Å². The summed E-state index contributed by atoms with van der Waals surface area (Å²) in [6.45, 7) is 0. The van der Waals surface area contributed by atoms with Crippen molar-refractivity contribution < 1.29 is 4.79 Å². The van der Waals surface area contributed by atoms with Crippen molar-refractivity contribution >= 4 is 17.3 Å². The summed E-state index contributed by atoms with van der Waals surface area (Å²) in [4.78, 5) is 18.6. The van der Waals surface area contributed by atoms with E-state index in [4.69, 9.17) is 0 Å². The standard InChI is InChI=1S/C14H16N2O/c17-9-10-3-1-4-11(7-10)12-8-16-13-5-2-6-15-14(12)13/h2,5-6,8-11,16H,1,3-4,7H2. The molecule has 0 saturated heterocycles. The van der Waals surface area contributed by atoms with E-state index in [1.165, 1.54) is 12.0 Å². The molecule has 1 N–H and O–H groups in total. The predicted molar refractivity (Wildman–Crippen MR) is 66.9 cm³/mol. The van der Waals surface area contributed by atoms with E-state index in [9.17, 15) is 4.79 Å². The summed E-state index contributed by atoms with van der Waals surface area (Å²) in [6, 6.07) is 3.99. The van der Waals surface area contributed by atoms with Gasteiger partial charge in [0.05, 0.1) is 11.0 Å². The van der Waals surface area contributed by atoms with Gasteiger partial charge in [-0.2, -0.15) is 0 Å². The molecular weight excluding hydrogens is 212 g/mol. The average Bonchev–Trinajstić information content (AvgIpc) is 2.82. The Labute approximate surface area is 100 Å². The van der Waals surface area contributed by atoms with Crippen LogP contribution in [0.15, 0.2) is 24.5 Å². The van der Waals surface area contributed by atoms with Crippen LogP contribution >= 0.6 is 0 Å². The van der Waals surface area contributed by atoms with Crippen molar-refractivity contribution in [1.29, 1.82) is 0 Å². The molecule has 0 aromatic carbocycles. The number of aromatic amines is 1. The number of nitrogens with zero attached hydrogens (tertiary/aromatic N) is 1. The highest BCUT2D eigenvalue weighted by Gasteiger charge is 2.24. The van der Waals surface area contributed by atoms with Gasteiger partial charge in [-0.05, 0) is 42.9 Å². The number of hydrogen-bond acceptors (Lipinski definition) is 2. The van der Waals surface area contributed by atoms with Crippen molar-refractivity contribution in [2.24, 2.45) is 5.92 Å². The molecule has 88 valence electrons. The Morgan fingerprint density at radius 1 is 1.41 bits per heavy atom. The van der Waals surface area contributed by atoms with Crippen LogP contribution in [0.1, 0.15) is 37.2 Å². The van der Waals surface area contributed by atoms with Gasteiger partial charge in [0.1, 0.15) is 6.29 Å². The minimum absolute atomic E-state index is 0.238. The largest absolute Gasteiger partial charge is 0.360 e. The number of hydrogen-bond donors (Lipinski definition) is 1. The van der Waals surface area contributed by atoms with E-state index in [0.717, 1.165) is 36.6 Å². The lowest BCUT2D eigenvalue weighted by Gasteiger charge is -2.25. The van der Waals surface area contributed by atoms with Crippen LogP contribution in [0.5, 0.6) is 0 Å². The SMILES string of the molecule is O=CC1CCCC(c2c[nH]c3cccnc23)C1. The summed E-state index contributed by atoms with van der Waals surface area (Å²) in [5, 5.41) is 0. The maximum Gasteiger partial charge on any atom is 0.123 e. The highest BCUT2D eigenvalue weighted by molar-refractivity contribution is 5.79. The first-order valence-corrected chi connectivity index (χ1v) is 6.26. The first kappa shape index (κ1) is 10.5. The van der Waals surface area contributed by atoms with Gasteiger partial charge in [0.15, 0.2) is 0 Å². The second-order valence-electron chi connectivity index (χ2n) is 4.90. The Morgan fingerprint density at radius 2 is 2.35 bits per heavy atom. The quantitative estimate of drug-likeness (QED) is 0.803. The lowest BCUT2D eigenvalue weighted by atomic mass is 9.79. The van der Waals surface area contributed by atoms with Crippen molar-refractivity contribution in [2.75, 3.05) is 0 Å². The third-order valence-electron chi connectivity index (χ3n) is 3.81. The number of carbonyl (C=O) groups is 1. The van der Waals surface area contributed by atoms with Crippen molar-refractivity contribution in [2.45, 2.75) is 31.6 Å². The molecule has 0 amide bonds. The van der Waals surface area contributed by atoms with Gasteiger partial charge < -0.3 is 9.78 Å². The number of carbonyl (C=O) groups excluding carboxylic acids is 1. The molecular formula is C14H16N2O. The number of fused-ring (bicyclic) bond motifs is 1. The molecule has 2 aromatic heterocycles. The predicted octanol–water partition coefficient (Wildman–Crippen LogP) is 3.04. The normalized spacial score (nSPS) is 24.9. The molecule has 2 atom stereocenters. The Kier molecular flexibility index (Phi) is 2.67. The molecule has 1 fully saturated rings. The van der Waals surface area contributed by atoms with Gasteiger partial charge in [-0.3, -0.25) is 4.98 Å². The third kappa shape index (κ3) is 1.86. The number of H-pyrrole nitrogens is 1. The third-order valence-corrected chi connectivity index (χ3v) is 3.81. The monoisotopic (exact) mass is 228 g/mol. The molecule has 1 aliphatic rings. The van der Waals surface area contributed by atoms with Gasteiger partial charge in [-0.1, -0.05) is 6.42 Å². The number of rotatable bonds is 2. The maximum atomic E-state index is 10.9. The Bertz CT molecular complexity index is 532. The van der Waals surface area contributed by atoms with Crippen molar-refractivity contribution in [3.05, 3.63) is 30.1 Å². The smallest absolute Gasteiger partial charge is 0.123 e. The lowest BCUT2D eigenvalue weighted by Crippen LogP contribution is -2.15. The zero-order valence-corrected chi connectivity index (χ0v) is 9.73. The Balaban J connectivity index is 1.95. The summed E-state index contributed by atoms with van der Waals surface area (Å²) in [7, 11) is 0. The van der Waals surface area contributed by atoms with Crippen LogP contribution in [0.4, 0.5) is 0 Å². The molecule has 1 aliphatic carbocycles. The second-order valence-corrected chi connectivity index (χ2v) is 4.90. The van der Waals surface area contributed by atoms with Crippen LogP contribution in [0, 0.1) is 5.92 Å². The van der Waals surface area contributed by atoms with Gasteiger partial charge in [0, 0.05) is 18.3 Å². The van der Waals surface area contributed by atoms with E-state index in [0.29, 0.717) is 5.92 Å². The summed E-state index contributed by atoms with van der Waals surface area (Å²) < 4.78 is 0. The number of nitrogens with one attached hydrogen (secondary N) is 1. The Morgan fingerprint density at radius 3 is 3.24 bits per heavy atom. The molecule has 3 rings (SSSR count). The highest BCUT2D eigenvalue weighted by Crippen LogP contribution is 2.37. The molecule has 0 bridgehead atoms. The molecule has 2 heterocycles. The summed E-state index contributed by atoms with van der Waals surface area (Å²) >= 11 is 0. The first-order valence-electron chi connectivity index (χ1n) is 6.26. The molecule has 0 aliphatic heterocycles. The summed E-state index contributed by atoms with van der Waals surface area (Å²) in [6.07, 6.45) is 9.37. The Hall–Kier alpha value is -1.64. The van der Waals surface area contributed by atoms with E-state index >= 15 is 0 Å². The minimum atomic E-state index is 0.238. The maximum absolute atomic E-state index is 10.9. The molecule has 0 radical (unpaired) electrons. The van der Waals surface area contributed by atoms with E-state index in [2.05, 4.69) is 16.2 Å². The minimum Gasteiger partial charge on any atom is -0.360 e. The van der Waals surface area contributed by atoms with E-state index in [1.807, 2.05) is 18.3 Å². The average molecular weight is 228 g/mol. The first-order chi connectivity index (χ1) is 8.38. The number of pyridine rings is 1. The van der Waals surface area contributed by atoms with E-state index in [-0.39, 0.29) is 5.92 Å². The van der Waals surface area contributed by atoms with Gasteiger partial charge >= 0.3 is 0 Å². The van der Waals surface area contributed by atoms with E-state index in [1.54, 1.807) is 0 Å². The van der Waals surface area contributed by atoms with Crippen LogP contribution < -0.4 is 0 Å². The molecule has 2 aromatic rings. The number of aldehydes is 1. The highest BCUT2D eigenvalue weighted by atomic mass is 16.1. The fourth-order valence-electron chi connectivity index (χ4n) is 2.92. The number of aromatic nitrogens is 2. The van der Waals surface area contributed by atoms with Gasteiger partial charge in [-0.15, -0.1) is 0 Å². The second kappa shape index (κ2) is 4.32. The van der Waals surface area contributed by atoms with Crippen LogP contribution in [0.3, 0.4) is 0 Å². The van der Waals surface area contributed by atoms with Crippen molar-refractivity contribution in [3.63, 3.8) is 0 Å². The molecule has 17 heavy (non-hydrogen) atoms. The molecule has 1 saturated carbocycles. The summed E-state index contributed by atoms with van der Waals surface area (Å²) in [5.74, 6) is 0.727. The van der Waals surface area contributed by atoms with Gasteiger partial charge in [0.25, 0.3) is 0 Å². The lowest BCUT2D eigenvalue weighted by molar-refractivity contribution is -0.112. The van der Waals surface area contributed by atoms with E-state index < -0.39 is 0 Å². The zero-order valence-electron chi connectivity index (χ0n) is 9.73. The fourth-order valence-corrected chi connectivity index (χ4v) is 2.92. The molecule has 0 spiro atoms. The molecule has 3 nitrogen and oxygen atoms in total. The van der Waals surface area contributed by atoms with Gasteiger partial charge in [0.2, 0.25) is 0 Å². The molecule has 2 unspecified atom stereocenters.